The fraction of sp³-hybridized carbons (Fsp3) is 0.150. The second-order valence-electron chi connectivity index (χ2n) is 5.83. The number of hydrogen-bond donors (Lipinski definition) is 1. The van der Waals surface area contributed by atoms with Crippen LogP contribution in [0.25, 0.3) is 11.4 Å². The van der Waals surface area contributed by atoms with E-state index in [4.69, 9.17) is 32.7 Å². The minimum Gasteiger partial charge on any atom is -0.492 e. The summed E-state index contributed by atoms with van der Waals surface area (Å²) >= 11 is 12.3. The van der Waals surface area contributed by atoms with Crippen LogP contribution in [0.1, 0.15) is 16.1 Å². The third-order valence-electron chi connectivity index (χ3n) is 4.03. The number of carbonyl (C=O) groups is 1. The number of methoxy groups -OCH3 is 2. The molecule has 0 fully saturated rings. The van der Waals surface area contributed by atoms with E-state index < -0.39 is 11.8 Å². The number of carbonyl (C=O) groups excluding carboxylic acids is 1. The highest BCUT2D eigenvalue weighted by atomic mass is 35.5. The van der Waals surface area contributed by atoms with E-state index in [9.17, 15) is 9.18 Å². The first kappa shape index (κ1) is 20.8. The quantitative estimate of drug-likeness (QED) is 0.549. The van der Waals surface area contributed by atoms with E-state index in [1.165, 1.54) is 26.4 Å². The minimum atomic E-state index is -0.775. The van der Waals surface area contributed by atoms with Crippen molar-refractivity contribution in [2.45, 2.75) is 6.54 Å². The zero-order chi connectivity index (χ0) is 21.0. The molecule has 0 saturated carbocycles. The van der Waals surface area contributed by atoms with E-state index in [1.54, 1.807) is 0 Å². The number of benzene rings is 2. The summed E-state index contributed by atoms with van der Waals surface area (Å²) in [6.45, 7) is 0.379. The molecule has 0 unspecified atom stereocenters. The van der Waals surface area contributed by atoms with Gasteiger partial charge in [0.2, 0.25) is 0 Å². The molecule has 0 aliphatic heterocycles. The molecular weight excluding hydrogens is 420 g/mol. The van der Waals surface area contributed by atoms with Crippen molar-refractivity contribution >= 4 is 35.0 Å². The van der Waals surface area contributed by atoms with Gasteiger partial charge < -0.3 is 14.8 Å². The molecule has 29 heavy (non-hydrogen) atoms. The molecule has 2 aromatic carbocycles. The Hall–Kier alpha value is -2.90. The van der Waals surface area contributed by atoms with Crippen LogP contribution in [-0.4, -0.2) is 30.2 Å². The van der Waals surface area contributed by atoms with Crippen LogP contribution in [0.5, 0.6) is 5.75 Å². The number of nitrogens with zero attached hydrogens (tertiary/aromatic N) is 2. The van der Waals surface area contributed by atoms with E-state index >= 15 is 0 Å². The van der Waals surface area contributed by atoms with E-state index in [0.717, 1.165) is 5.56 Å². The number of ether oxygens (including phenoxy) is 2. The number of hydrogen-bond acceptors (Lipinski definition) is 6. The van der Waals surface area contributed by atoms with Gasteiger partial charge in [0, 0.05) is 6.54 Å². The van der Waals surface area contributed by atoms with E-state index in [2.05, 4.69) is 15.3 Å². The monoisotopic (exact) mass is 435 g/mol. The lowest BCUT2D eigenvalue weighted by molar-refractivity contribution is 0.0594. The molecule has 0 aliphatic rings. The molecule has 0 radical (unpaired) electrons. The van der Waals surface area contributed by atoms with Gasteiger partial charge in [-0.15, -0.1) is 0 Å². The molecule has 0 saturated heterocycles. The third-order valence-corrected chi connectivity index (χ3v) is 4.68. The first-order chi connectivity index (χ1) is 14.0. The molecule has 6 nitrogen and oxygen atoms in total. The predicted molar refractivity (Wildman–Crippen MR) is 109 cm³/mol. The van der Waals surface area contributed by atoms with Crippen LogP contribution < -0.4 is 10.1 Å². The van der Waals surface area contributed by atoms with Crippen molar-refractivity contribution in [3.8, 4) is 17.1 Å². The Morgan fingerprint density at radius 1 is 1.10 bits per heavy atom. The summed E-state index contributed by atoms with van der Waals surface area (Å²) in [5, 5.41) is 3.11. The maximum atomic E-state index is 14.9. The first-order valence-corrected chi connectivity index (χ1v) is 9.17. The Morgan fingerprint density at radius 2 is 1.83 bits per heavy atom. The van der Waals surface area contributed by atoms with Gasteiger partial charge >= 0.3 is 5.97 Å². The van der Waals surface area contributed by atoms with Crippen molar-refractivity contribution in [3.05, 3.63) is 69.6 Å². The van der Waals surface area contributed by atoms with Crippen LogP contribution in [-0.2, 0) is 11.3 Å². The smallest absolute Gasteiger partial charge is 0.358 e. The highest BCUT2D eigenvalue weighted by Gasteiger charge is 2.23. The van der Waals surface area contributed by atoms with Gasteiger partial charge in [0.15, 0.2) is 23.1 Å². The van der Waals surface area contributed by atoms with Gasteiger partial charge in [-0.2, -0.15) is 0 Å². The Balaban J connectivity index is 2.09. The van der Waals surface area contributed by atoms with Gasteiger partial charge in [0.25, 0.3) is 0 Å². The maximum absolute atomic E-state index is 14.9. The Labute approximate surface area is 176 Å². The molecular formula is C20H16Cl2FN3O3. The Kier molecular flexibility index (Phi) is 6.51. The van der Waals surface area contributed by atoms with Crippen molar-refractivity contribution in [1.82, 2.24) is 9.97 Å². The molecule has 9 heteroatoms. The first-order valence-electron chi connectivity index (χ1n) is 8.42. The summed E-state index contributed by atoms with van der Waals surface area (Å²) in [7, 11) is 2.49. The topological polar surface area (TPSA) is 73.3 Å². The fourth-order valence-corrected chi connectivity index (χ4v) is 3.04. The lowest BCUT2D eigenvalue weighted by Crippen LogP contribution is -2.12. The molecule has 0 aliphatic carbocycles. The lowest BCUT2D eigenvalue weighted by atomic mass is 10.1. The summed E-state index contributed by atoms with van der Waals surface area (Å²) in [5.41, 5.74) is 0.765. The molecule has 3 rings (SSSR count). The third kappa shape index (κ3) is 4.41. The number of rotatable bonds is 6. The molecule has 0 bridgehead atoms. The average Bonchev–Trinajstić information content (AvgIpc) is 2.74. The molecule has 1 heterocycles. The number of esters is 1. The van der Waals surface area contributed by atoms with Crippen LogP contribution >= 0.6 is 23.2 Å². The van der Waals surface area contributed by atoms with Crippen LogP contribution in [0, 0.1) is 5.82 Å². The summed E-state index contributed by atoms with van der Waals surface area (Å²) < 4.78 is 24.6. The van der Waals surface area contributed by atoms with Crippen LogP contribution in [0.15, 0.2) is 42.5 Å². The largest absolute Gasteiger partial charge is 0.492 e. The van der Waals surface area contributed by atoms with Crippen molar-refractivity contribution in [2.75, 3.05) is 19.5 Å². The van der Waals surface area contributed by atoms with Gasteiger partial charge in [-0.3, -0.25) is 0 Å². The Morgan fingerprint density at radius 3 is 2.48 bits per heavy atom. The molecule has 1 aromatic heterocycles. The molecule has 0 amide bonds. The SMILES string of the molecule is COC(=O)c1nc(-c2ccc(Cl)c(OC)c2F)nc(NCc2ccccc2)c1Cl. The van der Waals surface area contributed by atoms with Crippen molar-refractivity contribution in [2.24, 2.45) is 0 Å². The average molecular weight is 436 g/mol. The molecule has 150 valence electrons. The second kappa shape index (κ2) is 9.07. The number of halogens is 3. The van der Waals surface area contributed by atoms with Gasteiger partial charge in [-0.25, -0.2) is 19.2 Å². The van der Waals surface area contributed by atoms with Crippen molar-refractivity contribution < 1.29 is 18.7 Å². The molecule has 1 N–H and O–H groups in total. The zero-order valence-electron chi connectivity index (χ0n) is 15.5. The summed E-state index contributed by atoms with van der Waals surface area (Å²) in [4.78, 5) is 20.5. The Bertz CT molecular complexity index is 1050. The normalized spacial score (nSPS) is 10.5. The molecule has 3 aromatic rings. The van der Waals surface area contributed by atoms with Gasteiger partial charge in [0.1, 0.15) is 10.8 Å². The maximum Gasteiger partial charge on any atom is 0.358 e. The second-order valence-corrected chi connectivity index (χ2v) is 6.62. The summed E-state index contributed by atoms with van der Waals surface area (Å²) in [6.07, 6.45) is 0. The van der Waals surface area contributed by atoms with Crippen LogP contribution in [0.3, 0.4) is 0 Å². The highest BCUT2D eigenvalue weighted by Crippen LogP contribution is 2.35. The standard InChI is InChI=1S/C20H16Cl2FN3O3/c1-28-17-13(21)9-8-12(15(17)23)18-25-16(20(27)29-2)14(22)19(26-18)24-10-11-6-4-3-5-7-11/h3-9H,10H2,1-2H3,(H,24,25,26). The summed E-state index contributed by atoms with van der Waals surface area (Å²) in [5.74, 6) is -1.59. The van der Waals surface area contributed by atoms with Gasteiger partial charge in [0.05, 0.1) is 24.8 Å². The molecule has 0 atom stereocenters. The number of anilines is 1. The number of aromatic nitrogens is 2. The number of nitrogens with one attached hydrogen (secondary N) is 1. The van der Waals surface area contributed by atoms with Crippen LogP contribution in [0.4, 0.5) is 10.2 Å². The predicted octanol–water partition coefficient (Wildman–Crippen LogP) is 5.00. The minimum absolute atomic E-state index is 0.00386. The van der Waals surface area contributed by atoms with Gasteiger partial charge in [-0.1, -0.05) is 53.5 Å². The van der Waals surface area contributed by atoms with E-state index in [-0.39, 0.29) is 38.7 Å². The molecule has 0 spiro atoms. The zero-order valence-corrected chi connectivity index (χ0v) is 17.0. The summed E-state index contributed by atoms with van der Waals surface area (Å²) in [6, 6.07) is 12.3. The fourth-order valence-electron chi connectivity index (χ4n) is 2.59. The van der Waals surface area contributed by atoms with Gasteiger partial charge in [-0.05, 0) is 17.7 Å². The van der Waals surface area contributed by atoms with Crippen molar-refractivity contribution in [3.63, 3.8) is 0 Å². The van der Waals surface area contributed by atoms with Crippen molar-refractivity contribution in [1.29, 1.82) is 0 Å². The highest BCUT2D eigenvalue weighted by molar-refractivity contribution is 6.35. The van der Waals surface area contributed by atoms with E-state index in [0.29, 0.717) is 6.54 Å². The lowest BCUT2D eigenvalue weighted by Gasteiger charge is -2.13. The van der Waals surface area contributed by atoms with E-state index in [1.807, 2.05) is 30.3 Å². The van der Waals surface area contributed by atoms with Crippen LogP contribution in [0.2, 0.25) is 10.0 Å².